The molecule has 0 bridgehead atoms. The quantitative estimate of drug-likeness (QED) is 0.190. The molecule has 0 saturated heterocycles. The number of aryl methyl sites for hydroxylation is 1. The number of hydrogen-bond acceptors (Lipinski definition) is 6. The van der Waals surface area contributed by atoms with Crippen LogP contribution in [0.5, 0.6) is 0 Å². The van der Waals surface area contributed by atoms with E-state index in [1.165, 1.54) is 6.07 Å². The van der Waals surface area contributed by atoms with Crippen LogP contribution in [0.2, 0.25) is 0 Å². The molecule has 0 radical (unpaired) electrons. The van der Waals surface area contributed by atoms with Crippen molar-refractivity contribution in [2.24, 2.45) is 0 Å². The molecule has 2 heterocycles. The van der Waals surface area contributed by atoms with Crippen LogP contribution in [0.25, 0.3) is 11.3 Å². The SMILES string of the molecule is Cc1ccc(C(=O)NC(C)C)cc1-c1nc(NCCNc2ccccc2)nc2c1CNC(=O)N2c1c(F)cccc1F. The molecule has 5 rings (SSSR count). The van der Waals surface area contributed by atoms with Crippen molar-refractivity contribution < 1.29 is 18.4 Å². The van der Waals surface area contributed by atoms with E-state index in [4.69, 9.17) is 4.98 Å². The summed E-state index contributed by atoms with van der Waals surface area (Å²) < 4.78 is 29.9. The fourth-order valence-electron chi connectivity index (χ4n) is 4.67. The van der Waals surface area contributed by atoms with Gasteiger partial charge in [0.2, 0.25) is 5.95 Å². The van der Waals surface area contributed by atoms with Crippen molar-refractivity contribution in [3.05, 3.63) is 95.1 Å². The number of aromatic nitrogens is 2. The number of amides is 3. The number of carbonyl (C=O) groups excluding carboxylic acids is 2. The summed E-state index contributed by atoms with van der Waals surface area (Å²) in [6.45, 7) is 6.57. The number of nitrogens with one attached hydrogen (secondary N) is 4. The van der Waals surface area contributed by atoms with E-state index in [-0.39, 0.29) is 30.3 Å². The highest BCUT2D eigenvalue weighted by Gasteiger charge is 2.34. The van der Waals surface area contributed by atoms with Gasteiger partial charge in [0.25, 0.3) is 5.91 Å². The Hall–Kier alpha value is -5.06. The molecule has 1 aliphatic heterocycles. The number of fused-ring (bicyclic) bond motifs is 1. The number of hydrogen-bond donors (Lipinski definition) is 4. The standard InChI is InChI=1S/C31H31F2N7O2/c1-18(2)37-29(41)20-13-12-19(3)22(16-20)26-23-17-36-31(42)40(27-24(32)10-7-11-25(27)33)28(23)39-30(38-26)35-15-14-34-21-8-5-4-6-9-21/h4-13,16,18,34H,14-15,17H2,1-3H3,(H,36,42)(H,37,41)(H,35,38,39). The molecule has 3 aromatic carbocycles. The van der Waals surface area contributed by atoms with Gasteiger partial charge in [-0.25, -0.2) is 23.5 Å². The first kappa shape index (κ1) is 28.5. The maximum Gasteiger partial charge on any atom is 0.328 e. The Balaban J connectivity index is 1.59. The van der Waals surface area contributed by atoms with Gasteiger partial charge in [-0.2, -0.15) is 4.98 Å². The summed E-state index contributed by atoms with van der Waals surface area (Å²) in [7, 11) is 0. The van der Waals surface area contributed by atoms with Crippen molar-refractivity contribution >= 4 is 35.1 Å². The van der Waals surface area contributed by atoms with Gasteiger partial charge in [-0.15, -0.1) is 0 Å². The zero-order valence-electron chi connectivity index (χ0n) is 23.5. The van der Waals surface area contributed by atoms with Crippen LogP contribution < -0.4 is 26.2 Å². The third-order valence-corrected chi connectivity index (χ3v) is 6.66. The molecule has 4 N–H and O–H groups in total. The van der Waals surface area contributed by atoms with Gasteiger partial charge in [-0.05, 0) is 62.7 Å². The molecule has 0 unspecified atom stereocenters. The Bertz CT molecular complexity index is 1610. The molecule has 0 fully saturated rings. The summed E-state index contributed by atoms with van der Waals surface area (Å²) in [6.07, 6.45) is 0. The molecule has 3 amide bonds. The largest absolute Gasteiger partial charge is 0.383 e. The van der Waals surface area contributed by atoms with Crippen LogP contribution in [0.4, 0.5) is 36.7 Å². The molecule has 0 atom stereocenters. The van der Waals surface area contributed by atoms with E-state index in [2.05, 4.69) is 26.3 Å². The van der Waals surface area contributed by atoms with Crippen molar-refractivity contribution in [3.63, 3.8) is 0 Å². The maximum absolute atomic E-state index is 15.0. The molecule has 11 heteroatoms. The van der Waals surface area contributed by atoms with E-state index in [0.717, 1.165) is 28.3 Å². The lowest BCUT2D eigenvalue weighted by molar-refractivity contribution is 0.0943. The van der Waals surface area contributed by atoms with Gasteiger partial charge in [0.05, 0.1) is 12.2 Å². The van der Waals surface area contributed by atoms with Crippen molar-refractivity contribution in [2.75, 3.05) is 28.6 Å². The van der Waals surface area contributed by atoms with Gasteiger partial charge >= 0.3 is 6.03 Å². The van der Waals surface area contributed by atoms with E-state index in [0.29, 0.717) is 35.5 Å². The first-order valence-electron chi connectivity index (χ1n) is 13.6. The van der Waals surface area contributed by atoms with Gasteiger partial charge in [0, 0.05) is 41.5 Å². The zero-order chi connectivity index (χ0) is 29.8. The third-order valence-electron chi connectivity index (χ3n) is 6.66. The van der Waals surface area contributed by atoms with Crippen LogP contribution in [0.1, 0.15) is 35.3 Å². The zero-order valence-corrected chi connectivity index (χ0v) is 23.5. The Morgan fingerprint density at radius 2 is 1.69 bits per heavy atom. The van der Waals surface area contributed by atoms with Crippen molar-refractivity contribution in [1.82, 2.24) is 20.6 Å². The normalized spacial score (nSPS) is 12.5. The average molecular weight is 572 g/mol. The highest BCUT2D eigenvalue weighted by molar-refractivity contribution is 6.02. The van der Waals surface area contributed by atoms with Gasteiger partial charge in [0.15, 0.2) is 5.82 Å². The molecular weight excluding hydrogens is 540 g/mol. The molecular formula is C31H31F2N7O2. The smallest absolute Gasteiger partial charge is 0.328 e. The number of rotatable bonds is 9. The second-order valence-electron chi connectivity index (χ2n) is 10.1. The summed E-state index contributed by atoms with van der Waals surface area (Å²) in [4.78, 5) is 36.2. The highest BCUT2D eigenvalue weighted by atomic mass is 19.1. The Morgan fingerprint density at radius 3 is 2.40 bits per heavy atom. The second kappa shape index (κ2) is 12.2. The molecule has 9 nitrogen and oxygen atoms in total. The highest BCUT2D eigenvalue weighted by Crippen LogP contribution is 2.39. The van der Waals surface area contributed by atoms with Crippen LogP contribution in [-0.4, -0.2) is 41.0 Å². The first-order chi connectivity index (χ1) is 20.2. The topological polar surface area (TPSA) is 111 Å². The van der Waals surface area contributed by atoms with Gasteiger partial charge in [-0.3, -0.25) is 4.79 Å². The summed E-state index contributed by atoms with van der Waals surface area (Å²) >= 11 is 0. The maximum atomic E-state index is 15.0. The Morgan fingerprint density at radius 1 is 0.976 bits per heavy atom. The second-order valence-corrected chi connectivity index (χ2v) is 10.1. The van der Waals surface area contributed by atoms with Crippen molar-refractivity contribution in [2.45, 2.75) is 33.4 Å². The molecule has 1 aromatic heterocycles. The van der Waals surface area contributed by atoms with E-state index in [1.54, 1.807) is 12.1 Å². The molecule has 0 spiro atoms. The van der Waals surface area contributed by atoms with E-state index in [1.807, 2.05) is 57.2 Å². The van der Waals surface area contributed by atoms with Crippen LogP contribution in [-0.2, 0) is 6.54 Å². The minimum Gasteiger partial charge on any atom is -0.383 e. The predicted octanol–water partition coefficient (Wildman–Crippen LogP) is 5.75. The van der Waals surface area contributed by atoms with E-state index >= 15 is 0 Å². The number of para-hydroxylation sites is 2. The van der Waals surface area contributed by atoms with Crippen LogP contribution in [0, 0.1) is 18.6 Å². The fourth-order valence-corrected chi connectivity index (χ4v) is 4.67. The summed E-state index contributed by atoms with van der Waals surface area (Å²) in [5.74, 6) is -1.87. The molecule has 216 valence electrons. The van der Waals surface area contributed by atoms with Crippen LogP contribution in [0.3, 0.4) is 0 Å². The summed E-state index contributed by atoms with van der Waals surface area (Å²) in [5, 5.41) is 12.0. The van der Waals surface area contributed by atoms with Gasteiger partial charge < -0.3 is 21.3 Å². The van der Waals surface area contributed by atoms with Crippen LogP contribution >= 0.6 is 0 Å². The summed E-state index contributed by atoms with van der Waals surface area (Å²) in [5.41, 5.74) is 3.15. The van der Waals surface area contributed by atoms with Gasteiger partial charge in [0.1, 0.15) is 17.3 Å². The monoisotopic (exact) mass is 571 g/mol. The molecule has 42 heavy (non-hydrogen) atoms. The number of urea groups is 1. The fraction of sp³-hybridized carbons (Fsp3) is 0.226. The lowest BCUT2D eigenvalue weighted by atomic mass is 9.97. The number of anilines is 4. The van der Waals surface area contributed by atoms with Crippen LogP contribution in [0.15, 0.2) is 66.7 Å². The lowest BCUT2D eigenvalue weighted by Gasteiger charge is -2.31. The molecule has 4 aromatic rings. The Labute approximate surface area is 242 Å². The summed E-state index contributed by atoms with van der Waals surface area (Å²) in [6, 6.07) is 17.5. The molecule has 1 aliphatic rings. The first-order valence-corrected chi connectivity index (χ1v) is 13.6. The number of halogens is 2. The van der Waals surface area contributed by atoms with Gasteiger partial charge in [-0.1, -0.05) is 30.3 Å². The molecule has 0 saturated carbocycles. The molecule has 0 aliphatic carbocycles. The minimum atomic E-state index is -0.914. The average Bonchev–Trinajstić information content (AvgIpc) is 2.96. The predicted molar refractivity (Wildman–Crippen MR) is 159 cm³/mol. The number of nitrogens with zero attached hydrogens (tertiary/aromatic N) is 3. The minimum absolute atomic E-state index is 0.0216. The van der Waals surface area contributed by atoms with Crippen molar-refractivity contribution in [3.8, 4) is 11.3 Å². The van der Waals surface area contributed by atoms with E-state index < -0.39 is 23.4 Å². The Kier molecular flexibility index (Phi) is 8.28. The van der Waals surface area contributed by atoms with Crippen molar-refractivity contribution in [1.29, 1.82) is 0 Å². The third kappa shape index (κ3) is 5.99. The lowest BCUT2D eigenvalue weighted by Crippen LogP contribution is -2.43. The number of carbonyl (C=O) groups is 2. The number of benzene rings is 3. The van der Waals surface area contributed by atoms with E-state index in [9.17, 15) is 18.4 Å².